The standard InChI is InChI=1S/C19H33F9O3S2/c1-4-7-10-11-12-15-32(13-8-5-2,14-9-6-3)31-33(29,30)19(27,28)17(22,23)16(20,21)18(24,25)26/h4-15H2,1-3H3. The minimum Gasteiger partial charge on any atom is -0.215 e. The minimum atomic E-state index is -7.30. The maximum Gasteiger partial charge on any atom is 0.460 e. The van der Waals surface area contributed by atoms with Crippen LogP contribution in [0.2, 0.25) is 0 Å². The summed E-state index contributed by atoms with van der Waals surface area (Å²) in [4.78, 5) is 0. The van der Waals surface area contributed by atoms with Gasteiger partial charge in [0, 0.05) is 17.3 Å². The van der Waals surface area contributed by atoms with Gasteiger partial charge < -0.3 is 0 Å². The van der Waals surface area contributed by atoms with E-state index in [1.54, 1.807) is 13.8 Å². The molecule has 0 saturated heterocycles. The molecule has 0 spiro atoms. The first-order valence-corrected chi connectivity index (χ1v) is 14.3. The fourth-order valence-electron chi connectivity index (χ4n) is 2.94. The highest BCUT2D eigenvalue weighted by Crippen LogP contribution is 2.59. The van der Waals surface area contributed by atoms with Gasteiger partial charge in [-0.15, -0.1) is 10.3 Å². The van der Waals surface area contributed by atoms with E-state index in [4.69, 9.17) is 0 Å². The van der Waals surface area contributed by atoms with Crippen molar-refractivity contribution >= 4 is 20.4 Å². The Bertz CT molecular complexity index is 672. The van der Waals surface area contributed by atoms with Gasteiger partial charge in [0.2, 0.25) is 0 Å². The normalized spacial score (nSPS) is 15.2. The van der Waals surface area contributed by atoms with Crippen LogP contribution >= 0.6 is 10.3 Å². The van der Waals surface area contributed by atoms with Crippen molar-refractivity contribution in [3.05, 3.63) is 0 Å². The van der Waals surface area contributed by atoms with Gasteiger partial charge in [-0.25, -0.2) is 3.63 Å². The van der Waals surface area contributed by atoms with E-state index in [-0.39, 0.29) is 30.1 Å². The molecule has 0 atom stereocenters. The Hall–Kier alpha value is -0.370. The third-order valence-corrected chi connectivity index (χ3v) is 10.9. The molecule has 0 aliphatic rings. The quantitative estimate of drug-likeness (QED) is 0.137. The predicted octanol–water partition coefficient (Wildman–Crippen LogP) is 8.05. The van der Waals surface area contributed by atoms with Gasteiger partial charge in [-0.2, -0.15) is 47.9 Å². The van der Waals surface area contributed by atoms with Crippen LogP contribution < -0.4 is 0 Å². The zero-order chi connectivity index (χ0) is 26.2. The number of hydrogen-bond donors (Lipinski definition) is 0. The lowest BCUT2D eigenvalue weighted by atomic mass is 10.1. The molecule has 0 aliphatic carbocycles. The molecule has 0 aromatic heterocycles. The molecule has 0 radical (unpaired) electrons. The van der Waals surface area contributed by atoms with Gasteiger partial charge in [0.25, 0.3) is 0 Å². The number of halogens is 9. The lowest BCUT2D eigenvalue weighted by molar-refractivity contribution is -0.382. The summed E-state index contributed by atoms with van der Waals surface area (Å²) in [6.45, 7) is 5.34. The lowest BCUT2D eigenvalue weighted by Gasteiger charge is -2.41. The zero-order valence-electron chi connectivity index (χ0n) is 18.9. The highest BCUT2D eigenvalue weighted by Gasteiger charge is 2.86. The van der Waals surface area contributed by atoms with Crippen molar-refractivity contribution in [1.82, 2.24) is 0 Å². The van der Waals surface area contributed by atoms with Crippen molar-refractivity contribution in [3.63, 3.8) is 0 Å². The summed E-state index contributed by atoms with van der Waals surface area (Å²) in [5.41, 5.74) is 0. The molecule has 0 fully saturated rings. The van der Waals surface area contributed by atoms with Crippen molar-refractivity contribution < 1.29 is 51.6 Å². The maximum atomic E-state index is 14.2. The van der Waals surface area contributed by atoms with E-state index in [1.807, 2.05) is 6.92 Å². The Labute approximate surface area is 191 Å². The van der Waals surface area contributed by atoms with Gasteiger partial charge in [0.15, 0.2) is 0 Å². The fourth-order valence-corrected chi connectivity index (χ4v) is 9.03. The van der Waals surface area contributed by atoms with E-state index in [9.17, 15) is 47.9 Å². The van der Waals surface area contributed by atoms with Crippen molar-refractivity contribution in [1.29, 1.82) is 0 Å². The van der Waals surface area contributed by atoms with Gasteiger partial charge in [0.1, 0.15) is 0 Å². The summed E-state index contributed by atoms with van der Waals surface area (Å²) in [5, 5.41) is -6.81. The highest BCUT2D eigenvalue weighted by atomic mass is 32.3. The average molecular weight is 545 g/mol. The van der Waals surface area contributed by atoms with E-state index in [0.29, 0.717) is 25.7 Å². The first-order valence-electron chi connectivity index (χ1n) is 10.8. The van der Waals surface area contributed by atoms with E-state index >= 15 is 0 Å². The molecule has 0 amide bonds. The smallest absolute Gasteiger partial charge is 0.215 e. The summed E-state index contributed by atoms with van der Waals surface area (Å²) < 4.78 is 149. The molecule has 0 rings (SSSR count). The first-order chi connectivity index (χ1) is 14.9. The zero-order valence-corrected chi connectivity index (χ0v) is 20.6. The van der Waals surface area contributed by atoms with Crippen LogP contribution in [-0.4, -0.2) is 49.0 Å². The van der Waals surface area contributed by atoms with E-state index in [1.165, 1.54) is 0 Å². The molecule has 33 heavy (non-hydrogen) atoms. The largest absolute Gasteiger partial charge is 0.460 e. The summed E-state index contributed by atoms with van der Waals surface area (Å²) >= 11 is 0. The van der Waals surface area contributed by atoms with Crippen molar-refractivity contribution in [2.24, 2.45) is 0 Å². The van der Waals surface area contributed by atoms with E-state index < -0.39 is 43.7 Å². The van der Waals surface area contributed by atoms with Crippen LogP contribution in [0.15, 0.2) is 0 Å². The van der Waals surface area contributed by atoms with E-state index in [2.05, 4.69) is 3.63 Å². The molecule has 0 aromatic rings. The Morgan fingerprint density at radius 3 is 1.36 bits per heavy atom. The molecule has 0 unspecified atom stereocenters. The van der Waals surface area contributed by atoms with Crippen LogP contribution in [0.1, 0.15) is 78.6 Å². The van der Waals surface area contributed by atoms with E-state index in [0.717, 1.165) is 19.3 Å². The van der Waals surface area contributed by atoms with Gasteiger partial charge in [0.05, 0.1) is 0 Å². The molecule has 0 aromatic carbocycles. The molecule has 0 bridgehead atoms. The lowest BCUT2D eigenvalue weighted by Crippen LogP contribution is -2.63. The highest BCUT2D eigenvalue weighted by molar-refractivity contribution is 8.33. The topological polar surface area (TPSA) is 43.4 Å². The average Bonchev–Trinajstić information content (AvgIpc) is 2.69. The Morgan fingerprint density at radius 2 is 0.970 bits per heavy atom. The molecule has 202 valence electrons. The van der Waals surface area contributed by atoms with Crippen LogP contribution in [0.25, 0.3) is 0 Å². The first kappa shape index (κ1) is 32.6. The van der Waals surface area contributed by atoms with Crippen molar-refractivity contribution in [2.75, 3.05) is 17.3 Å². The molecule has 3 nitrogen and oxygen atoms in total. The van der Waals surface area contributed by atoms with Crippen LogP contribution in [0.3, 0.4) is 0 Å². The Morgan fingerprint density at radius 1 is 0.576 bits per heavy atom. The van der Waals surface area contributed by atoms with Crippen LogP contribution in [0.4, 0.5) is 39.5 Å². The fraction of sp³-hybridized carbons (Fsp3) is 1.00. The number of alkyl halides is 9. The number of hydrogen-bond acceptors (Lipinski definition) is 3. The second-order valence-corrected chi connectivity index (χ2v) is 13.0. The van der Waals surface area contributed by atoms with Gasteiger partial charge in [-0.1, -0.05) is 59.3 Å². The second-order valence-electron chi connectivity index (χ2n) is 7.89. The third-order valence-electron chi connectivity index (χ3n) is 5.02. The molecule has 0 heterocycles. The number of unbranched alkanes of at least 4 members (excludes halogenated alkanes) is 6. The molecule has 0 aliphatic heterocycles. The van der Waals surface area contributed by atoms with Gasteiger partial charge in [-0.3, -0.25) is 0 Å². The van der Waals surface area contributed by atoms with Gasteiger partial charge >= 0.3 is 33.4 Å². The SMILES string of the molecule is CCCCCCCS(CCCC)(CCCC)OS(=O)(=O)C(F)(F)C(F)(F)C(F)(F)C(F)(F)F. The summed E-state index contributed by atoms with van der Waals surface area (Å²) in [6.07, 6.45) is -2.24. The van der Waals surface area contributed by atoms with Crippen LogP contribution in [-0.2, 0) is 13.7 Å². The molecule has 0 saturated carbocycles. The molecule has 0 N–H and O–H groups in total. The summed E-state index contributed by atoms with van der Waals surface area (Å²) in [7, 11) is -9.87. The Kier molecular flexibility index (Phi) is 12.4. The molecular weight excluding hydrogens is 511 g/mol. The van der Waals surface area contributed by atoms with Crippen LogP contribution in [0.5, 0.6) is 0 Å². The monoisotopic (exact) mass is 544 g/mol. The molecular formula is C19H33F9O3S2. The second kappa shape index (κ2) is 12.5. The minimum absolute atomic E-state index is 0.0622. The third kappa shape index (κ3) is 7.81. The summed E-state index contributed by atoms with van der Waals surface area (Å²) in [6, 6.07) is 0. The predicted molar refractivity (Wildman–Crippen MR) is 112 cm³/mol. The van der Waals surface area contributed by atoms with Crippen molar-refractivity contribution in [2.45, 2.75) is 102 Å². The van der Waals surface area contributed by atoms with Gasteiger partial charge in [-0.05, 0) is 19.3 Å². The summed E-state index contributed by atoms with van der Waals surface area (Å²) in [5.74, 6) is -14.8. The number of rotatable bonds is 17. The maximum absolute atomic E-state index is 14.2. The van der Waals surface area contributed by atoms with Crippen LogP contribution in [0, 0.1) is 0 Å². The Balaban J connectivity index is 6.19. The van der Waals surface area contributed by atoms with Crippen molar-refractivity contribution in [3.8, 4) is 0 Å². The molecule has 14 heteroatoms.